The molecule has 1 fully saturated rings. The molecule has 1 aliphatic rings. The van der Waals surface area contributed by atoms with Gasteiger partial charge in [0.25, 0.3) is 0 Å². The molecule has 3 rings (SSSR count). The lowest BCUT2D eigenvalue weighted by atomic mass is 10.1. The smallest absolute Gasteiger partial charge is 0.167 e. The zero-order valence-corrected chi connectivity index (χ0v) is 10.7. The summed E-state index contributed by atoms with van der Waals surface area (Å²) >= 11 is 0. The average molecular weight is 281 g/mol. The lowest BCUT2D eigenvalue weighted by Gasteiger charge is -2.16. The summed E-state index contributed by atoms with van der Waals surface area (Å²) in [6, 6.07) is 0. The van der Waals surface area contributed by atoms with E-state index in [9.17, 15) is 10.2 Å². The molecule has 9 nitrogen and oxygen atoms in total. The zero-order chi connectivity index (χ0) is 14.4. The van der Waals surface area contributed by atoms with Gasteiger partial charge in [-0.2, -0.15) is 0 Å². The van der Waals surface area contributed by atoms with Crippen LogP contribution < -0.4 is 5.49 Å². The van der Waals surface area contributed by atoms with Crippen LogP contribution in [0, 0.1) is 5.41 Å². The topological polar surface area (TPSA) is 129 Å². The molecule has 4 N–H and O–H groups in total. The van der Waals surface area contributed by atoms with Crippen molar-refractivity contribution in [2.75, 3.05) is 6.61 Å². The highest BCUT2D eigenvalue weighted by Crippen LogP contribution is 2.30. The third-order valence-corrected chi connectivity index (χ3v) is 3.49. The first kappa shape index (κ1) is 13.2. The van der Waals surface area contributed by atoms with Crippen LogP contribution in [0.2, 0.25) is 0 Å². The number of aliphatic hydroxyl groups is 3. The SMILES string of the molecule is Cn1cnc2c(ncn2[C@@H]2O[C@H](CO)[C@H](O)[C@@H]2O)c1=N. The Bertz CT molecular complexity index is 696. The summed E-state index contributed by atoms with van der Waals surface area (Å²) in [6.07, 6.45) is -1.28. The number of hydrogen-bond donors (Lipinski definition) is 4. The van der Waals surface area contributed by atoms with Crippen molar-refractivity contribution >= 4 is 11.2 Å². The Morgan fingerprint density at radius 2 is 2.05 bits per heavy atom. The van der Waals surface area contributed by atoms with Crippen LogP contribution in [-0.2, 0) is 11.8 Å². The number of fused-ring (bicyclic) bond motifs is 1. The van der Waals surface area contributed by atoms with Crippen LogP contribution in [0.15, 0.2) is 12.7 Å². The van der Waals surface area contributed by atoms with E-state index in [-0.39, 0.29) is 5.49 Å². The van der Waals surface area contributed by atoms with Crippen molar-refractivity contribution < 1.29 is 20.1 Å². The molecule has 0 aromatic carbocycles. The Morgan fingerprint density at radius 3 is 2.70 bits per heavy atom. The summed E-state index contributed by atoms with van der Waals surface area (Å²) < 4.78 is 8.39. The van der Waals surface area contributed by atoms with Crippen molar-refractivity contribution in [1.29, 1.82) is 5.41 Å². The molecule has 2 aromatic heterocycles. The molecule has 20 heavy (non-hydrogen) atoms. The van der Waals surface area contributed by atoms with Crippen LogP contribution in [0.3, 0.4) is 0 Å². The van der Waals surface area contributed by atoms with E-state index >= 15 is 0 Å². The van der Waals surface area contributed by atoms with Gasteiger partial charge < -0.3 is 24.6 Å². The maximum Gasteiger partial charge on any atom is 0.167 e. The lowest BCUT2D eigenvalue weighted by Crippen LogP contribution is -2.33. The second-order valence-corrected chi connectivity index (χ2v) is 4.76. The molecule has 3 heterocycles. The van der Waals surface area contributed by atoms with Gasteiger partial charge in [-0.3, -0.25) is 9.98 Å². The fourth-order valence-corrected chi connectivity index (χ4v) is 2.31. The first-order valence-electron chi connectivity index (χ1n) is 6.09. The molecule has 9 heteroatoms. The Kier molecular flexibility index (Phi) is 3.05. The number of rotatable bonds is 2. The number of aromatic nitrogens is 4. The van der Waals surface area contributed by atoms with Gasteiger partial charge in [-0.25, -0.2) is 9.97 Å². The standard InChI is InChI=1S/C11H15N5O4/c1-15-3-14-10-6(9(15)12)13-4-16(10)11-8(19)7(18)5(2-17)20-11/h3-5,7-8,11-12,17-19H,2H2,1H3/t5-,7+,8+,11-/m1/s1. The number of nitrogens with zero attached hydrogens (tertiary/aromatic N) is 4. The molecule has 1 aliphatic heterocycles. The molecule has 0 bridgehead atoms. The van der Waals surface area contributed by atoms with Crippen LogP contribution in [0.1, 0.15) is 6.23 Å². The van der Waals surface area contributed by atoms with Gasteiger partial charge in [-0.15, -0.1) is 0 Å². The van der Waals surface area contributed by atoms with E-state index in [0.29, 0.717) is 11.2 Å². The van der Waals surface area contributed by atoms with Gasteiger partial charge in [0.1, 0.15) is 23.8 Å². The second-order valence-electron chi connectivity index (χ2n) is 4.76. The number of imidazole rings is 1. The predicted molar refractivity (Wildman–Crippen MR) is 65.4 cm³/mol. The highest BCUT2D eigenvalue weighted by molar-refractivity contribution is 5.68. The van der Waals surface area contributed by atoms with Crippen LogP contribution in [0.25, 0.3) is 11.2 Å². The summed E-state index contributed by atoms with van der Waals surface area (Å²) in [5.41, 5.74) is 0.927. The molecule has 2 aromatic rings. The first-order chi connectivity index (χ1) is 9.54. The summed E-state index contributed by atoms with van der Waals surface area (Å²) in [5, 5.41) is 36.8. The highest BCUT2D eigenvalue weighted by Gasteiger charge is 2.43. The summed E-state index contributed by atoms with van der Waals surface area (Å²) in [5.74, 6) is 0. The van der Waals surface area contributed by atoms with Crippen molar-refractivity contribution in [3.63, 3.8) is 0 Å². The van der Waals surface area contributed by atoms with Crippen LogP contribution in [0.4, 0.5) is 0 Å². The minimum Gasteiger partial charge on any atom is -0.394 e. The van der Waals surface area contributed by atoms with Crippen LogP contribution in [-0.4, -0.2) is 59.3 Å². The number of ether oxygens (including phenoxy) is 1. The van der Waals surface area contributed by atoms with Gasteiger partial charge in [0.15, 0.2) is 17.4 Å². The minimum atomic E-state index is -1.20. The lowest BCUT2D eigenvalue weighted by molar-refractivity contribution is -0.0511. The molecule has 0 spiro atoms. The zero-order valence-electron chi connectivity index (χ0n) is 10.7. The maximum absolute atomic E-state index is 10.00. The van der Waals surface area contributed by atoms with E-state index < -0.39 is 31.1 Å². The van der Waals surface area contributed by atoms with Crippen molar-refractivity contribution in [1.82, 2.24) is 19.1 Å². The molecule has 108 valence electrons. The van der Waals surface area contributed by atoms with Gasteiger partial charge in [0, 0.05) is 7.05 Å². The van der Waals surface area contributed by atoms with Gasteiger partial charge >= 0.3 is 0 Å². The van der Waals surface area contributed by atoms with Gasteiger partial charge in [-0.05, 0) is 0 Å². The largest absolute Gasteiger partial charge is 0.394 e. The third kappa shape index (κ3) is 1.75. The third-order valence-electron chi connectivity index (χ3n) is 3.49. The fraction of sp³-hybridized carbons (Fsp3) is 0.545. The Morgan fingerprint density at radius 1 is 1.30 bits per heavy atom. The average Bonchev–Trinajstić information content (AvgIpc) is 2.98. The van der Waals surface area contributed by atoms with E-state index in [0.717, 1.165) is 0 Å². The van der Waals surface area contributed by atoms with Crippen molar-refractivity contribution in [2.45, 2.75) is 24.5 Å². The Labute approximate surface area is 113 Å². The quantitative estimate of drug-likeness (QED) is 0.497. The van der Waals surface area contributed by atoms with Crippen LogP contribution >= 0.6 is 0 Å². The van der Waals surface area contributed by atoms with Crippen LogP contribution in [0.5, 0.6) is 0 Å². The molecular formula is C11H15N5O4. The van der Waals surface area contributed by atoms with Crippen molar-refractivity contribution in [3.8, 4) is 0 Å². The molecule has 4 atom stereocenters. The van der Waals surface area contributed by atoms with Gasteiger partial charge in [-0.1, -0.05) is 0 Å². The molecule has 0 saturated carbocycles. The number of aryl methyl sites for hydroxylation is 1. The molecule has 1 saturated heterocycles. The van der Waals surface area contributed by atoms with E-state index in [2.05, 4.69) is 9.97 Å². The highest BCUT2D eigenvalue weighted by atomic mass is 16.6. The fourth-order valence-electron chi connectivity index (χ4n) is 2.31. The summed E-state index contributed by atoms with van der Waals surface area (Å²) in [6.45, 7) is -0.395. The Hall–Kier alpha value is -1.81. The summed E-state index contributed by atoms with van der Waals surface area (Å²) in [7, 11) is 1.68. The number of hydrogen-bond acceptors (Lipinski definition) is 7. The van der Waals surface area contributed by atoms with Crippen molar-refractivity contribution in [2.24, 2.45) is 7.05 Å². The molecule has 0 amide bonds. The Balaban J connectivity index is 2.08. The van der Waals surface area contributed by atoms with Gasteiger partial charge in [0.05, 0.1) is 19.3 Å². The molecular weight excluding hydrogens is 266 g/mol. The molecule has 0 radical (unpaired) electrons. The summed E-state index contributed by atoms with van der Waals surface area (Å²) in [4.78, 5) is 8.26. The van der Waals surface area contributed by atoms with Gasteiger partial charge in [0.2, 0.25) is 0 Å². The van der Waals surface area contributed by atoms with E-state index in [1.165, 1.54) is 21.8 Å². The normalized spacial score (nSPS) is 30.2. The monoisotopic (exact) mass is 281 g/mol. The number of nitrogens with one attached hydrogen (secondary N) is 1. The minimum absolute atomic E-state index is 0.181. The molecule has 0 aliphatic carbocycles. The number of aliphatic hydroxyl groups excluding tert-OH is 3. The maximum atomic E-state index is 10.00. The molecule has 0 unspecified atom stereocenters. The van der Waals surface area contributed by atoms with E-state index in [4.69, 9.17) is 15.3 Å². The second kappa shape index (κ2) is 4.63. The van der Waals surface area contributed by atoms with E-state index in [1.54, 1.807) is 7.05 Å². The first-order valence-corrected chi connectivity index (χ1v) is 6.09. The van der Waals surface area contributed by atoms with Crippen molar-refractivity contribution in [3.05, 3.63) is 18.1 Å². The predicted octanol–water partition coefficient (Wildman–Crippen LogP) is -2.14. The van der Waals surface area contributed by atoms with E-state index in [1.807, 2.05) is 0 Å².